The Morgan fingerprint density at radius 2 is 1.58 bits per heavy atom. The molecule has 0 unspecified atom stereocenters. The van der Waals surface area contributed by atoms with Gasteiger partial charge in [0, 0.05) is 29.3 Å². The Hall–Kier alpha value is -2.75. The van der Waals surface area contributed by atoms with Crippen LogP contribution in [0.1, 0.15) is 48.9 Å². The van der Waals surface area contributed by atoms with Gasteiger partial charge < -0.3 is 25.6 Å². The first-order chi connectivity index (χ1) is 16.6. The van der Waals surface area contributed by atoms with E-state index in [1.54, 1.807) is 22.8 Å². The van der Waals surface area contributed by atoms with Crippen LogP contribution in [0.3, 0.4) is 0 Å². The van der Waals surface area contributed by atoms with Gasteiger partial charge in [-0.25, -0.2) is 4.39 Å². The summed E-state index contributed by atoms with van der Waals surface area (Å²) in [5, 5.41) is 29.2. The molecule has 3 rings (SSSR count). The molecule has 1 aromatic heterocycles. The van der Waals surface area contributed by atoms with E-state index in [1.165, 1.54) is 18.2 Å². The molecule has 0 spiro atoms. The van der Waals surface area contributed by atoms with Crippen LogP contribution in [-0.4, -0.2) is 73.5 Å². The molecule has 7 nitrogen and oxygen atoms in total. The predicted molar refractivity (Wildman–Crippen MR) is 139 cm³/mol. The molecular weight excluding hydrogens is 474 g/mol. The fraction of sp³-hybridized carbons (Fsp3) is 0.259. The number of aromatic nitrogens is 1. The number of aliphatic carboxylic acids is 1. The normalized spacial score (nSPS) is 12.9. The number of aliphatic hydroxyl groups is 2. The molecule has 0 aliphatic rings. The van der Waals surface area contributed by atoms with Crippen molar-refractivity contribution in [3.05, 3.63) is 77.9 Å². The Labute approximate surface area is 231 Å². The third kappa shape index (κ3) is 6.93. The van der Waals surface area contributed by atoms with E-state index in [0.717, 1.165) is 5.56 Å². The maximum absolute atomic E-state index is 13.7. The number of carbonyl (C=O) groups is 2. The molecule has 0 bridgehead atoms. The molecule has 1 heterocycles. The second kappa shape index (κ2) is 13.0. The number of benzene rings is 2. The van der Waals surface area contributed by atoms with Gasteiger partial charge in [0.1, 0.15) is 11.5 Å². The van der Waals surface area contributed by atoms with Crippen molar-refractivity contribution >= 4 is 47.5 Å². The van der Waals surface area contributed by atoms with Gasteiger partial charge in [-0.1, -0.05) is 48.5 Å². The first-order valence-corrected chi connectivity index (χ1v) is 11.3. The zero-order valence-electron chi connectivity index (χ0n) is 19.6. The van der Waals surface area contributed by atoms with E-state index in [2.05, 4.69) is 0 Å². The summed E-state index contributed by atoms with van der Waals surface area (Å²) in [5.74, 6) is -2.22. The molecule has 3 aromatic rings. The second-order valence-electron chi connectivity index (χ2n) is 8.60. The Morgan fingerprint density at radius 3 is 2.11 bits per heavy atom. The molecule has 0 saturated heterocycles. The summed E-state index contributed by atoms with van der Waals surface area (Å²) in [7, 11) is 0. The molecule has 2 aromatic carbocycles. The molecule has 1 amide bonds. The Bertz CT molecular complexity index is 1220. The summed E-state index contributed by atoms with van der Waals surface area (Å²) in [6, 6.07) is 14.9. The maximum atomic E-state index is 13.7. The quantitative estimate of drug-likeness (QED) is 0.314. The summed E-state index contributed by atoms with van der Waals surface area (Å²) in [6.07, 6.45) is 0.0325. The second-order valence-corrected chi connectivity index (χ2v) is 8.60. The third-order valence-corrected chi connectivity index (χ3v) is 5.59. The molecular formula is C27H30FN2NaO5. The van der Waals surface area contributed by atoms with Crippen LogP contribution in [0.25, 0.3) is 28.3 Å². The van der Waals surface area contributed by atoms with Gasteiger partial charge in [-0.3, -0.25) is 9.59 Å². The minimum atomic E-state index is -1.22. The van der Waals surface area contributed by atoms with Gasteiger partial charge in [0.25, 0.3) is 5.91 Å². The number of hydrogen-bond acceptors (Lipinski definition) is 4. The number of nitrogens with two attached hydrogens (primary N) is 1. The fourth-order valence-corrected chi connectivity index (χ4v) is 4.19. The summed E-state index contributed by atoms with van der Waals surface area (Å²) < 4.78 is 15.5. The van der Waals surface area contributed by atoms with Crippen LogP contribution < -0.4 is 5.73 Å². The third-order valence-electron chi connectivity index (χ3n) is 5.59. The van der Waals surface area contributed by atoms with Crippen molar-refractivity contribution in [3.63, 3.8) is 0 Å². The van der Waals surface area contributed by atoms with Crippen molar-refractivity contribution in [3.8, 4) is 22.3 Å². The molecule has 0 aliphatic carbocycles. The van der Waals surface area contributed by atoms with Crippen LogP contribution in [-0.2, 0) is 4.79 Å². The number of amides is 1. The Balaban J connectivity index is 0.00000456. The Kier molecular flexibility index (Phi) is 10.6. The van der Waals surface area contributed by atoms with Crippen molar-refractivity contribution in [1.29, 1.82) is 0 Å². The summed E-state index contributed by atoms with van der Waals surface area (Å²) in [6.45, 7) is 3.78. The molecule has 186 valence electrons. The van der Waals surface area contributed by atoms with E-state index in [9.17, 15) is 24.2 Å². The summed E-state index contributed by atoms with van der Waals surface area (Å²) in [5.41, 5.74) is 9.29. The van der Waals surface area contributed by atoms with Gasteiger partial charge in [-0.05, 0) is 43.2 Å². The number of carboxylic acids is 1. The van der Waals surface area contributed by atoms with Crippen LogP contribution in [0, 0.1) is 5.82 Å². The molecule has 0 aliphatic heterocycles. The van der Waals surface area contributed by atoms with E-state index in [-0.39, 0.29) is 47.7 Å². The fourth-order valence-electron chi connectivity index (χ4n) is 4.19. The van der Waals surface area contributed by atoms with Crippen LogP contribution in [0.2, 0.25) is 0 Å². The predicted octanol–water partition coefficient (Wildman–Crippen LogP) is 3.59. The van der Waals surface area contributed by atoms with Crippen molar-refractivity contribution in [2.24, 2.45) is 5.73 Å². The molecule has 0 radical (unpaired) electrons. The van der Waals surface area contributed by atoms with Crippen LogP contribution in [0.5, 0.6) is 0 Å². The molecule has 0 fully saturated rings. The summed E-state index contributed by atoms with van der Waals surface area (Å²) >= 11 is 0. The molecule has 9 heteroatoms. The number of hydrogen-bond donors (Lipinski definition) is 4. The molecule has 5 N–H and O–H groups in total. The molecule has 2 atom stereocenters. The van der Waals surface area contributed by atoms with Crippen LogP contribution >= 0.6 is 0 Å². The van der Waals surface area contributed by atoms with Gasteiger partial charge in [-0.15, -0.1) is 0 Å². The van der Waals surface area contributed by atoms with Gasteiger partial charge >= 0.3 is 35.5 Å². The van der Waals surface area contributed by atoms with Gasteiger partial charge in [0.2, 0.25) is 0 Å². The number of aliphatic hydroxyl groups excluding tert-OH is 2. The Morgan fingerprint density at radius 1 is 1.00 bits per heavy atom. The monoisotopic (exact) mass is 504 g/mol. The zero-order valence-corrected chi connectivity index (χ0v) is 19.6. The van der Waals surface area contributed by atoms with Gasteiger partial charge in [-0.2, -0.15) is 0 Å². The van der Waals surface area contributed by atoms with E-state index < -0.39 is 36.3 Å². The minimum absolute atomic E-state index is 0. The average molecular weight is 505 g/mol. The zero-order chi connectivity index (χ0) is 25.7. The molecule has 36 heavy (non-hydrogen) atoms. The van der Waals surface area contributed by atoms with Crippen molar-refractivity contribution in [2.75, 3.05) is 0 Å². The van der Waals surface area contributed by atoms with Crippen molar-refractivity contribution in [1.82, 2.24) is 4.57 Å². The van der Waals surface area contributed by atoms with Gasteiger partial charge in [0.15, 0.2) is 0 Å². The number of halogens is 1. The van der Waals surface area contributed by atoms with E-state index in [1.807, 2.05) is 44.2 Å². The van der Waals surface area contributed by atoms with E-state index in [0.29, 0.717) is 22.4 Å². The standard InChI is InChI=1S/C27H29FN2O5.Na.H/c1-16(2)30-22(13-12-20(31)14-21(32)15-23(33)34)24(18-8-10-19(28)11-9-18)25(26(30)27(29)35)17-6-4-3-5-7-17;;/h3-13,16,20-21,31-32H,14-15H2,1-2H3,(H2,29,35)(H,33,34);;/b13-12+;;/t20-,21-;;/m1../s1. The number of carboxylic acid groups (broad SMARTS) is 1. The van der Waals surface area contributed by atoms with Crippen LogP contribution in [0.15, 0.2) is 60.7 Å². The van der Waals surface area contributed by atoms with Gasteiger partial charge in [0.05, 0.1) is 18.6 Å². The van der Waals surface area contributed by atoms with E-state index in [4.69, 9.17) is 10.8 Å². The van der Waals surface area contributed by atoms with Crippen molar-refractivity contribution < 1.29 is 29.3 Å². The van der Waals surface area contributed by atoms with E-state index >= 15 is 0 Å². The number of carbonyl (C=O) groups excluding carboxylic acids is 1. The SMILES string of the molecule is CC(C)n1c(/C=C/[C@@H](O)C[C@@H](O)CC(=O)O)c(-c2ccc(F)cc2)c(-c2ccccc2)c1C(N)=O.[NaH]. The molecule has 0 saturated carbocycles. The topological polar surface area (TPSA) is 126 Å². The first-order valence-electron chi connectivity index (χ1n) is 11.3. The van der Waals surface area contributed by atoms with Crippen molar-refractivity contribution in [2.45, 2.75) is 44.9 Å². The van der Waals surface area contributed by atoms with Crippen LogP contribution in [0.4, 0.5) is 4.39 Å². The average Bonchev–Trinajstić information content (AvgIpc) is 3.14. The number of nitrogens with zero attached hydrogens (tertiary/aromatic N) is 1. The number of rotatable bonds is 10. The number of primary amides is 1. The summed E-state index contributed by atoms with van der Waals surface area (Å²) in [4.78, 5) is 23.6. The first kappa shape index (κ1) is 29.5.